The Morgan fingerprint density at radius 1 is 1.15 bits per heavy atom. The van der Waals surface area contributed by atoms with Crippen molar-refractivity contribution in [1.82, 2.24) is 16.1 Å². The summed E-state index contributed by atoms with van der Waals surface area (Å²) in [5.41, 5.74) is 3.88. The average Bonchev–Trinajstić information content (AvgIpc) is 3.44. The molecular weight excluding hydrogens is 538 g/mol. The molecule has 0 aliphatic carbocycles. The number of amides is 3. The van der Waals surface area contributed by atoms with Crippen LogP contribution in [0.2, 0.25) is 0 Å². The van der Waals surface area contributed by atoms with Crippen LogP contribution in [0.1, 0.15) is 24.3 Å². The Hall–Kier alpha value is -5.66. The Balaban J connectivity index is 1.37. The summed E-state index contributed by atoms with van der Waals surface area (Å²) in [6.45, 7) is 1.19. The number of rotatable bonds is 10. The van der Waals surface area contributed by atoms with Gasteiger partial charge in [-0.1, -0.05) is 18.2 Å². The second-order valence-corrected chi connectivity index (χ2v) is 8.56. The van der Waals surface area contributed by atoms with Crippen LogP contribution in [0.4, 0.5) is 10.5 Å². The molecule has 2 aromatic carbocycles. The zero-order chi connectivity index (χ0) is 29.5. The summed E-state index contributed by atoms with van der Waals surface area (Å²) in [5.74, 6) is 0.0296. The summed E-state index contributed by atoms with van der Waals surface area (Å²) in [6.07, 6.45) is 1.27. The number of hydrazone groups is 1. The van der Waals surface area contributed by atoms with Crippen molar-refractivity contribution in [2.24, 2.45) is 5.10 Å². The van der Waals surface area contributed by atoms with Crippen molar-refractivity contribution in [2.45, 2.75) is 13.0 Å². The number of non-ortho nitro benzene ring substituents is 1. The van der Waals surface area contributed by atoms with Crippen molar-refractivity contribution in [1.29, 1.82) is 0 Å². The third kappa shape index (κ3) is 6.68. The van der Waals surface area contributed by atoms with Crippen molar-refractivity contribution in [2.75, 3.05) is 20.8 Å². The largest absolute Gasteiger partial charge is 0.493 e. The molecule has 0 unspecified atom stereocenters. The molecule has 1 aliphatic rings. The number of allylic oxidation sites excluding steroid dienone is 1. The first kappa shape index (κ1) is 28.4. The Bertz CT molecular complexity index is 1560. The number of nitro benzene ring substituents is 1. The van der Waals surface area contributed by atoms with Crippen LogP contribution in [0.25, 0.3) is 11.3 Å². The van der Waals surface area contributed by atoms with E-state index in [0.717, 1.165) is 0 Å². The van der Waals surface area contributed by atoms with Crippen LogP contribution in [0.15, 0.2) is 75.4 Å². The van der Waals surface area contributed by atoms with Gasteiger partial charge in [0.25, 0.3) is 11.6 Å². The average molecular weight is 564 g/mol. The highest BCUT2D eigenvalue weighted by atomic mass is 16.6. The smallest absolute Gasteiger partial charge is 0.337 e. The van der Waals surface area contributed by atoms with Gasteiger partial charge in [0, 0.05) is 23.4 Å². The fourth-order valence-electron chi connectivity index (χ4n) is 4.00. The fourth-order valence-corrected chi connectivity index (χ4v) is 4.00. The van der Waals surface area contributed by atoms with Gasteiger partial charge in [0.2, 0.25) is 0 Å². The minimum Gasteiger partial charge on any atom is -0.493 e. The Morgan fingerprint density at radius 3 is 2.68 bits per heavy atom. The lowest BCUT2D eigenvalue weighted by Gasteiger charge is -2.28. The van der Waals surface area contributed by atoms with E-state index in [1.807, 2.05) is 0 Å². The summed E-state index contributed by atoms with van der Waals surface area (Å²) >= 11 is 0. The van der Waals surface area contributed by atoms with Gasteiger partial charge in [-0.2, -0.15) is 5.10 Å². The maximum Gasteiger partial charge on any atom is 0.337 e. The topological polar surface area (TPSA) is 184 Å². The molecule has 212 valence electrons. The number of ether oxygens (including phenoxy) is 3. The van der Waals surface area contributed by atoms with Crippen LogP contribution >= 0.6 is 0 Å². The fraction of sp³-hybridized carbons (Fsp3) is 0.185. The molecule has 1 atom stereocenters. The van der Waals surface area contributed by atoms with Crippen molar-refractivity contribution in [3.63, 3.8) is 0 Å². The lowest BCUT2D eigenvalue weighted by Crippen LogP contribution is -2.45. The predicted molar refractivity (Wildman–Crippen MR) is 144 cm³/mol. The first-order chi connectivity index (χ1) is 19.7. The molecule has 14 heteroatoms. The molecular formula is C27H25N5O9. The molecule has 3 aromatic rings. The highest BCUT2D eigenvalue weighted by Gasteiger charge is 2.32. The van der Waals surface area contributed by atoms with E-state index in [0.29, 0.717) is 28.3 Å². The van der Waals surface area contributed by atoms with Gasteiger partial charge in [-0.3, -0.25) is 14.9 Å². The summed E-state index contributed by atoms with van der Waals surface area (Å²) in [6, 6.07) is 12.7. The number of nitro groups is 1. The van der Waals surface area contributed by atoms with Crippen LogP contribution in [-0.4, -0.2) is 49.9 Å². The molecule has 0 bridgehead atoms. The number of furan rings is 1. The highest BCUT2D eigenvalue weighted by Crippen LogP contribution is 2.34. The molecule has 3 amide bonds. The molecule has 41 heavy (non-hydrogen) atoms. The van der Waals surface area contributed by atoms with Crippen molar-refractivity contribution >= 4 is 29.8 Å². The van der Waals surface area contributed by atoms with Crippen molar-refractivity contribution in [3.05, 3.63) is 87.3 Å². The summed E-state index contributed by atoms with van der Waals surface area (Å²) in [7, 11) is 2.65. The SMILES string of the molecule is COC(=O)C1=C(C)NC(=O)N[C@@H]1c1ccc(OCC(=O)N/N=C\c2ccc(-c3cccc([N+](=O)[O-])c3)o2)c(OC)c1. The zero-order valence-corrected chi connectivity index (χ0v) is 22.1. The van der Waals surface area contributed by atoms with Crippen LogP contribution in [0.3, 0.4) is 0 Å². The lowest BCUT2D eigenvalue weighted by atomic mass is 9.95. The van der Waals surface area contributed by atoms with Gasteiger partial charge in [-0.15, -0.1) is 0 Å². The quantitative estimate of drug-likeness (QED) is 0.144. The molecule has 0 spiro atoms. The van der Waals surface area contributed by atoms with Gasteiger partial charge < -0.3 is 29.3 Å². The van der Waals surface area contributed by atoms with E-state index in [4.69, 9.17) is 18.6 Å². The van der Waals surface area contributed by atoms with E-state index >= 15 is 0 Å². The Kier molecular flexibility index (Phi) is 8.62. The van der Waals surface area contributed by atoms with Gasteiger partial charge in [-0.05, 0) is 36.8 Å². The molecule has 0 fully saturated rings. The second-order valence-electron chi connectivity index (χ2n) is 8.56. The molecule has 1 aromatic heterocycles. The van der Waals surface area contributed by atoms with Gasteiger partial charge in [0.15, 0.2) is 18.1 Å². The third-order valence-corrected chi connectivity index (χ3v) is 5.90. The van der Waals surface area contributed by atoms with Crippen LogP contribution in [-0.2, 0) is 14.3 Å². The minimum absolute atomic E-state index is 0.0661. The molecule has 14 nitrogen and oxygen atoms in total. The van der Waals surface area contributed by atoms with Crippen molar-refractivity contribution in [3.8, 4) is 22.8 Å². The summed E-state index contributed by atoms with van der Waals surface area (Å²) < 4.78 is 21.4. The van der Waals surface area contributed by atoms with Gasteiger partial charge >= 0.3 is 12.0 Å². The van der Waals surface area contributed by atoms with Gasteiger partial charge in [0.1, 0.15) is 11.5 Å². The van der Waals surface area contributed by atoms with Crippen LogP contribution < -0.4 is 25.5 Å². The molecule has 2 heterocycles. The van der Waals surface area contributed by atoms with E-state index in [1.54, 1.807) is 49.4 Å². The van der Waals surface area contributed by atoms with E-state index < -0.39 is 35.5 Å². The number of methoxy groups -OCH3 is 2. The van der Waals surface area contributed by atoms with E-state index in [-0.39, 0.29) is 22.8 Å². The second kappa shape index (κ2) is 12.5. The lowest BCUT2D eigenvalue weighted by molar-refractivity contribution is -0.384. The molecule has 1 aliphatic heterocycles. The molecule has 0 radical (unpaired) electrons. The number of nitrogens with zero attached hydrogens (tertiary/aromatic N) is 2. The van der Waals surface area contributed by atoms with Crippen molar-refractivity contribution < 1.29 is 37.9 Å². The van der Waals surface area contributed by atoms with Crippen LogP contribution in [0, 0.1) is 10.1 Å². The zero-order valence-electron chi connectivity index (χ0n) is 22.1. The third-order valence-electron chi connectivity index (χ3n) is 5.90. The number of hydrogen-bond acceptors (Lipinski definition) is 10. The number of carbonyl (C=O) groups excluding carboxylic acids is 3. The molecule has 4 rings (SSSR count). The minimum atomic E-state index is -0.795. The van der Waals surface area contributed by atoms with Gasteiger partial charge in [0.05, 0.1) is 37.0 Å². The normalized spacial score (nSPS) is 14.7. The standard InChI is InChI=1S/C27H25N5O9/c1-15-24(26(34)39-3)25(30-27(35)29-15)17-7-9-21(22(12-17)38-2)40-14-23(33)31-28-13-19-8-10-20(41-19)16-5-4-6-18(11-16)32(36)37/h4-13,25H,14H2,1-3H3,(H,31,33)(H2,29,30,35)/b28-13-/t25-/m1/s1. The number of benzene rings is 2. The maximum absolute atomic E-state index is 12.3. The highest BCUT2D eigenvalue weighted by molar-refractivity contribution is 5.95. The Morgan fingerprint density at radius 2 is 1.95 bits per heavy atom. The molecule has 3 N–H and O–H groups in total. The van der Waals surface area contributed by atoms with Gasteiger partial charge in [-0.25, -0.2) is 15.0 Å². The molecule has 0 saturated heterocycles. The Labute approximate surface area is 233 Å². The van der Waals surface area contributed by atoms with Crippen LogP contribution in [0.5, 0.6) is 11.5 Å². The van der Waals surface area contributed by atoms with E-state index in [9.17, 15) is 24.5 Å². The first-order valence-electron chi connectivity index (χ1n) is 12.0. The van der Waals surface area contributed by atoms with E-state index in [1.165, 1.54) is 32.6 Å². The number of hydrogen-bond donors (Lipinski definition) is 3. The number of carbonyl (C=O) groups is 3. The number of urea groups is 1. The predicted octanol–water partition coefficient (Wildman–Crippen LogP) is 3.19. The monoisotopic (exact) mass is 563 g/mol. The molecule has 0 saturated carbocycles. The summed E-state index contributed by atoms with van der Waals surface area (Å²) in [5, 5.41) is 20.1. The first-order valence-corrected chi connectivity index (χ1v) is 12.0. The number of nitrogens with one attached hydrogen (secondary N) is 3. The maximum atomic E-state index is 12.3. The summed E-state index contributed by atoms with van der Waals surface area (Å²) in [4.78, 5) is 47.1. The van der Waals surface area contributed by atoms with E-state index in [2.05, 4.69) is 21.2 Å². The number of esters is 1.